The third-order valence-corrected chi connectivity index (χ3v) is 8.77. The van der Waals surface area contributed by atoms with Crippen LogP contribution in [0.15, 0.2) is 52.9 Å². The van der Waals surface area contributed by atoms with E-state index in [0.717, 1.165) is 74.8 Å². The van der Waals surface area contributed by atoms with Gasteiger partial charge in [0.2, 0.25) is 11.7 Å². The van der Waals surface area contributed by atoms with Gasteiger partial charge in [0, 0.05) is 11.7 Å². The number of hydrogen-bond donors (Lipinski definition) is 1. The summed E-state index contributed by atoms with van der Waals surface area (Å²) in [6, 6.07) is 14.1. The largest absolute Gasteiger partial charge is 0.493 e. The zero-order valence-corrected chi connectivity index (χ0v) is 26.1. The van der Waals surface area contributed by atoms with Gasteiger partial charge >= 0.3 is 0 Å². The van der Waals surface area contributed by atoms with Crippen LogP contribution < -0.4 is 19.7 Å². The third-order valence-electron chi connectivity index (χ3n) is 8.77. The lowest BCUT2D eigenvalue weighted by Crippen LogP contribution is -2.48. The minimum atomic E-state index is -0.983. The first-order valence-electron chi connectivity index (χ1n) is 15.7. The van der Waals surface area contributed by atoms with Crippen LogP contribution in [-0.4, -0.2) is 52.3 Å². The monoisotopic (exact) mass is 612 g/mol. The number of rotatable bonds is 10. The van der Waals surface area contributed by atoms with Crippen molar-refractivity contribution in [3.05, 3.63) is 71.0 Å². The Morgan fingerprint density at radius 2 is 1.80 bits per heavy atom. The fourth-order valence-electron chi connectivity index (χ4n) is 6.53. The number of nitrogens with one attached hydrogen (secondary N) is 1. The highest BCUT2D eigenvalue weighted by Crippen LogP contribution is 2.38. The summed E-state index contributed by atoms with van der Waals surface area (Å²) in [5, 5.41) is 16.0. The van der Waals surface area contributed by atoms with Crippen LogP contribution in [-0.2, 0) is 29.0 Å². The number of tetrazole rings is 1. The van der Waals surface area contributed by atoms with E-state index in [2.05, 4.69) is 26.8 Å². The van der Waals surface area contributed by atoms with Crippen LogP contribution in [0.5, 0.6) is 11.5 Å². The van der Waals surface area contributed by atoms with Gasteiger partial charge < -0.3 is 19.2 Å². The molecule has 2 aromatic carbocycles. The molecule has 1 atom stereocenters. The first-order valence-corrected chi connectivity index (χ1v) is 15.7. The van der Waals surface area contributed by atoms with E-state index in [0.29, 0.717) is 22.8 Å². The second-order valence-corrected chi connectivity index (χ2v) is 11.8. The quantitative estimate of drug-likeness (QED) is 0.254. The highest BCUT2D eigenvalue weighted by molar-refractivity contribution is 6.02. The van der Waals surface area contributed by atoms with Crippen molar-refractivity contribution in [2.75, 3.05) is 19.1 Å². The smallest absolute Gasteiger partial charge is 0.251 e. The third kappa shape index (κ3) is 6.57. The highest BCUT2D eigenvalue weighted by atomic mass is 16.5. The van der Waals surface area contributed by atoms with Crippen LogP contribution in [0.1, 0.15) is 73.4 Å². The molecular weight excluding hydrogens is 572 g/mol. The number of carbonyl (C=O) groups excluding carboxylic acids is 2. The molecule has 1 fully saturated rings. The second-order valence-electron chi connectivity index (χ2n) is 11.8. The second kappa shape index (κ2) is 13.5. The molecule has 0 bridgehead atoms. The van der Waals surface area contributed by atoms with Gasteiger partial charge in [0.25, 0.3) is 5.91 Å². The maximum Gasteiger partial charge on any atom is 0.251 e. The van der Waals surface area contributed by atoms with Crippen molar-refractivity contribution in [3.8, 4) is 23.1 Å². The lowest BCUT2D eigenvalue weighted by atomic mass is 9.89. The Morgan fingerprint density at radius 3 is 2.56 bits per heavy atom. The van der Waals surface area contributed by atoms with Gasteiger partial charge in [-0.15, -0.1) is 10.2 Å². The Balaban J connectivity index is 1.44. The minimum absolute atomic E-state index is 0.0480. The minimum Gasteiger partial charge on any atom is -0.493 e. The van der Waals surface area contributed by atoms with Gasteiger partial charge in [-0.2, -0.15) is 4.80 Å². The Hall–Kier alpha value is -4.67. The molecule has 0 aliphatic heterocycles. The summed E-state index contributed by atoms with van der Waals surface area (Å²) in [5.41, 5.74) is 3.62. The number of furan rings is 1. The molecule has 2 aromatic heterocycles. The Kier molecular flexibility index (Phi) is 9.13. The lowest BCUT2D eigenvalue weighted by molar-refractivity contribution is -0.127. The van der Waals surface area contributed by atoms with Crippen LogP contribution in [0.4, 0.5) is 5.69 Å². The predicted molar refractivity (Wildman–Crippen MR) is 168 cm³/mol. The van der Waals surface area contributed by atoms with Gasteiger partial charge in [0.05, 0.1) is 14.2 Å². The van der Waals surface area contributed by atoms with Gasteiger partial charge in [-0.1, -0.05) is 37.5 Å². The highest BCUT2D eigenvalue weighted by Gasteiger charge is 2.37. The summed E-state index contributed by atoms with van der Waals surface area (Å²) < 4.78 is 16.8. The van der Waals surface area contributed by atoms with E-state index < -0.39 is 6.04 Å². The average molecular weight is 613 g/mol. The van der Waals surface area contributed by atoms with Crippen molar-refractivity contribution in [2.24, 2.45) is 0 Å². The molecule has 236 valence electrons. The maximum atomic E-state index is 14.6. The molecule has 0 radical (unpaired) electrons. The zero-order chi connectivity index (χ0) is 31.3. The van der Waals surface area contributed by atoms with E-state index >= 15 is 0 Å². The number of hydrogen-bond acceptors (Lipinski definition) is 8. The van der Waals surface area contributed by atoms with Crippen LogP contribution in [0.3, 0.4) is 0 Å². The molecule has 2 aliphatic carbocycles. The first kappa shape index (κ1) is 30.4. The number of ether oxygens (including phenoxy) is 2. The lowest BCUT2D eigenvalue weighted by Gasteiger charge is -2.35. The summed E-state index contributed by atoms with van der Waals surface area (Å²) in [6.07, 6.45) is 8.97. The summed E-state index contributed by atoms with van der Waals surface area (Å²) in [7, 11) is 3.13. The zero-order valence-electron chi connectivity index (χ0n) is 26.1. The van der Waals surface area contributed by atoms with Crippen molar-refractivity contribution >= 4 is 17.5 Å². The van der Waals surface area contributed by atoms with Crippen LogP contribution in [0, 0.1) is 6.92 Å². The fraction of sp³-hybridized carbons (Fsp3) is 0.441. The molecule has 1 N–H and O–H groups in total. The Bertz CT molecular complexity index is 1660. The molecule has 45 heavy (non-hydrogen) atoms. The summed E-state index contributed by atoms with van der Waals surface area (Å²) >= 11 is 0. The molecular formula is C34H40N6O5. The van der Waals surface area contributed by atoms with E-state index in [1.54, 1.807) is 37.3 Å². The van der Waals surface area contributed by atoms with Crippen LogP contribution in [0.2, 0.25) is 0 Å². The number of amides is 2. The predicted octanol–water partition coefficient (Wildman–Crippen LogP) is 5.36. The Labute approximate surface area is 262 Å². The number of carbonyl (C=O) groups is 2. The number of benzene rings is 2. The van der Waals surface area contributed by atoms with Crippen molar-refractivity contribution in [1.29, 1.82) is 0 Å². The van der Waals surface area contributed by atoms with Crippen LogP contribution >= 0.6 is 0 Å². The molecule has 2 heterocycles. The molecule has 2 aliphatic rings. The van der Waals surface area contributed by atoms with E-state index in [4.69, 9.17) is 13.9 Å². The van der Waals surface area contributed by atoms with E-state index in [1.807, 2.05) is 31.2 Å². The molecule has 1 saturated carbocycles. The number of fused-ring (bicyclic) bond motifs is 1. The fourth-order valence-corrected chi connectivity index (χ4v) is 6.53. The number of aryl methyl sites for hydroxylation is 2. The number of anilines is 1. The molecule has 11 heteroatoms. The van der Waals surface area contributed by atoms with Gasteiger partial charge in [-0.05, 0) is 97.7 Å². The van der Waals surface area contributed by atoms with Gasteiger partial charge in [-0.3, -0.25) is 14.5 Å². The molecule has 0 spiro atoms. The average Bonchev–Trinajstić information content (AvgIpc) is 3.72. The SMILES string of the molecule is COc1ccc([C@H](C(=O)NC2CCCCC2)N(C(=O)Cn2nnc(-c3ccc(C)o3)n2)c2cccc3c2CCCC3)cc1OC. The van der Waals surface area contributed by atoms with E-state index in [-0.39, 0.29) is 30.2 Å². The first-order chi connectivity index (χ1) is 21.9. The number of methoxy groups -OCH3 is 2. The summed E-state index contributed by atoms with van der Waals surface area (Å²) in [4.78, 5) is 31.9. The molecule has 4 aromatic rings. The topological polar surface area (TPSA) is 125 Å². The molecule has 2 amide bonds. The van der Waals surface area contributed by atoms with Crippen molar-refractivity contribution in [3.63, 3.8) is 0 Å². The summed E-state index contributed by atoms with van der Waals surface area (Å²) in [6.45, 7) is 1.61. The van der Waals surface area contributed by atoms with E-state index in [1.165, 1.54) is 10.4 Å². The Morgan fingerprint density at radius 1 is 1.00 bits per heavy atom. The summed E-state index contributed by atoms with van der Waals surface area (Å²) in [5.74, 6) is 1.90. The normalized spacial score (nSPS) is 15.6. The molecule has 6 rings (SSSR count). The molecule has 0 unspecified atom stereocenters. The van der Waals surface area contributed by atoms with Crippen molar-refractivity contribution in [2.45, 2.75) is 83.3 Å². The molecule has 11 nitrogen and oxygen atoms in total. The van der Waals surface area contributed by atoms with Crippen molar-refractivity contribution in [1.82, 2.24) is 25.5 Å². The molecule has 0 saturated heterocycles. The maximum absolute atomic E-state index is 14.6. The number of aromatic nitrogens is 4. The number of nitrogens with zero attached hydrogens (tertiary/aromatic N) is 5. The van der Waals surface area contributed by atoms with Crippen molar-refractivity contribution < 1.29 is 23.5 Å². The van der Waals surface area contributed by atoms with Gasteiger partial charge in [0.1, 0.15) is 18.3 Å². The van der Waals surface area contributed by atoms with Gasteiger partial charge in [0.15, 0.2) is 17.3 Å². The van der Waals surface area contributed by atoms with Gasteiger partial charge in [-0.25, -0.2) is 0 Å². The standard InChI is InChI=1S/C34H40N6O5/c1-22-16-18-29(45-22)33-36-38-39(37-33)21-31(41)40(27-15-9-11-23-10-7-8-14-26(23)27)32(34(42)35-25-12-5-4-6-13-25)24-17-19-28(43-2)30(20-24)44-3/h9,11,15-20,25,32H,4-8,10,12-14,21H2,1-3H3,(H,35,42)/t32-/m1/s1. The van der Waals surface area contributed by atoms with Crippen LogP contribution in [0.25, 0.3) is 11.6 Å². The van der Waals surface area contributed by atoms with E-state index in [9.17, 15) is 9.59 Å².